The lowest BCUT2D eigenvalue weighted by Gasteiger charge is -2.24. The van der Waals surface area contributed by atoms with Crippen LogP contribution in [0, 0.1) is 11.8 Å². The lowest BCUT2D eigenvalue weighted by atomic mass is 9.89. The van der Waals surface area contributed by atoms with Crippen molar-refractivity contribution in [2.24, 2.45) is 11.8 Å². The van der Waals surface area contributed by atoms with Crippen LogP contribution < -0.4 is 10.6 Å². The van der Waals surface area contributed by atoms with E-state index in [9.17, 15) is 0 Å². The molecule has 1 heterocycles. The Morgan fingerprint density at radius 2 is 1.68 bits per heavy atom. The summed E-state index contributed by atoms with van der Waals surface area (Å²) in [6.45, 7) is 3.60. The zero-order valence-electron chi connectivity index (χ0n) is 13.9. The zero-order chi connectivity index (χ0) is 15.0. The topological polar surface area (TPSA) is 24.1 Å². The van der Waals surface area contributed by atoms with Crippen molar-refractivity contribution < 1.29 is 0 Å². The summed E-state index contributed by atoms with van der Waals surface area (Å²) in [6.07, 6.45) is 12.5. The molecule has 2 nitrogen and oxygen atoms in total. The van der Waals surface area contributed by atoms with Crippen LogP contribution in [0.4, 0.5) is 5.69 Å². The van der Waals surface area contributed by atoms with Crippen molar-refractivity contribution in [1.82, 2.24) is 5.32 Å². The van der Waals surface area contributed by atoms with Gasteiger partial charge in [-0.05, 0) is 75.1 Å². The highest BCUT2D eigenvalue weighted by Gasteiger charge is 2.15. The molecule has 1 aliphatic heterocycles. The molecule has 0 radical (unpaired) electrons. The third-order valence-electron chi connectivity index (χ3n) is 5.60. The van der Waals surface area contributed by atoms with Crippen molar-refractivity contribution >= 4 is 5.69 Å². The van der Waals surface area contributed by atoms with E-state index >= 15 is 0 Å². The van der Waals surface area contributed by atoms with Crippen LogP contribution in [0.25, 0.3) is 0 Å². The van der Waals surface area contributed by atoms with E-state index in [2.05, 4.69) is 34.9 Å². The average Bonchev–Trinajstić information content (AvgIpc) is 2.61. The molecular weight excluding hydrogens is 268 g/mol. The summed E-state index contributed by atoms with van der Waals surface area (Å²) in [6, 6.07) is 8.98. The first-order valence-electron chi connectivity index (χ1n) is 9.44. The standard InChI is InChI=1S/C20H32N2/c1-2-6-18(7-3-1)16-22-20-9-5-4-8-19(20)11-10-17-12-14-21-15-13-17/h4-5,8-9,17-18,21-22H,1-3,6-7,10-16H2. The Morgan fingerprint density at radius 3 is 2.50 bits per heavy atom. The molecule has 1 aromatic rings. The molecule has 0 bridgehead atoms. The molecule has 0 aromatic heterocycles. The van der Waals surface area contributed by atoms with Gasteiger partial charge in [-0.2, -0.15) is 0 Å². The number of nitrogens with one attached hydrogen (secondary N) is 2. The van der Waals surface area contributed by atoms with Crippen LogP contribution in [0.5, 0.6) is 0 Å². The maximum Gasteiger partial charge on any atom is 0.0372 e. The Morgan fingerprint density at radius 1 is 0.909 bits per heavy atom. The van der Waals surface area contributed by atoms with Crippen LogP contribution in [0.1, 0.15) is 56.9 Å². The Bertz CT molecular complexity index is 390. The van der Waals surface area contributed by atoms with Gasteiger partial charge in [-0.1, -0.05) is 37.5 Å². The number of hydrogen-bond acceptors (Lipinski definition) is 2. The Hall–Kier alpha value is -1.02. The van der Waals surface area contributed by atoms with E-state index in [1.165, 1.54) is 88.7 Å². The molecule has 0 spiro atoms. The Kier molecular flexibility index (Phi) is 6.18. The summed E-state index contributed by atoms with van der Waals surface area (Å²) in [5, 5.41) is 7.23. The third kappa shape index (κ3) is 4.74. The number of aryl methyl sites for hydroxylation is 1. The molecule has 0 amide bonds. The minimum absolute atomic E-state index is 0.895. The number of anilines is 1. The van der Waals surface area contributed by atoms with Crippen molar-refractivity contribution in [1.29, 1.82) is 0 Å². The van der Waals surface area contributed by atoms with Crippen molar-refractivity contribution in [3.05, 3.63) is 29.8 Å². The predicted molar refractivity (Wildman–Crippen MR) is 95.4 cm³/mol. The van der Waals surface area contributed by atoms with E-state index in [1.54, 1.807) is 0 Å². The summed E-state index contributed by atoms with van der Waals surface area (Å²) in [7, 11) is 0. The second kappa shape index (κ2) is 8.57. The molecule has 1 saturated carbocycles. The third-order valence-corrected chi connectivity index (χ3v) is 5.60. The van der Waals surface area contributed by atoms with Crippen molar-refractivity contribution in [2.45, 2.75) is 57.8 Å². The SMILES string of the molecule is c1ccc(NCC2CCCCC2)c(CCC2CCNCC2)c1. The first kappa shape index (κ1) is 15.9. The minimum atomic E-state index is 0.895. The van der Waals surface area contributed by atoms with Gasteiger partial charge in [0.15, 0.2) is 0 Å². The Balaban J connectivity index is 1.50. The van der Waals surface area contributed by atoms with Gasteiger partial charge in [0.2, 0.25) is 0 Å². The second-order valence-electron chi connectivity index (χ2n) is 7.27. The fraction of sp³-hybridized carbons (Fsp3) is 0.700. The fourth-order valence-corrected chi connectivity index (χ4v) is 4.09. The molecule has 1 aliphatic carbocycles. The quantitative estimate of drug-likeness (QED) is 0.801. The smallest absolute Gasteiger partial charge is 0.0372 e. The van der Waals surface area contributed by atoms with Crippen LogP contribution in [0.2, 0.25) is 0 Å². The summed E-state index contributed by atoms with van der Waals surface area (Å²) in [5.74, 6) is 1.82. The van der Waals surface area contributed by atoms with Gasteiger partial charge in [-0.15, -0.1) is 0 Å². The van der Waals surface area contributed by atoms with Crippen molar-refractivity contribution in [2.75, 3.05) is 25.0 Å². The largest absolute Gasteiger partial charge is 0.385 e. The zero-order valence-corrected chi connectivity index (χ0v) is 13.9. The molecule has 0 atom stereocenters. The molecular formula is C20H32N2. The monoisotopic (exact) mass is 300 g/mol. The summed E-state index contributed by atoms with van der Waals surface area (Å²) in [4.78, 5) is 0. The lowest BCUT2D eigenvalue weighted by molar-refractivity contribution is 0.354. The van der Waals surface area contributed by atoms with Crippen molar-refractivity contribution in [3.8, 4) is 0 Å². The molecule has 122 valence electrons. The first-order valence-corrected chi connectivity index (χ1v) is 9.44. The van der Waals surface area contributed by atoms with Gasteiger partial charge in [-0.25, -0.2) is 0 Å². The van der Waals surface area contributed by atoms with Crippen LogP contribution in [0.3, 0.4) is 0 Å². The number of para-hydroxylation sites is 1. The number of piperidine rings is 1. The highest BCUT2D eigenvalue weighted by Crippen LogP contribution is 2.26. The van der Waals surface area contributed by atoms with E-state index in [4.69, 9.17) is 0 Å². The molecule has 0 unspecified atom stereocenters. The van der Waals surface area contributed by atoms with E-state index in [1.807, 2.05) is 0 Å². The van der Waals surface area contributed by atoms with Gasteiger partial charge < -0.3 is 10.6 Å². The second-order valence-corrected chi connectivity index (χ2v) is 7.27. The van der Waals surface area contributed by atoms with Crippen LogP contribution in [-0.2, 0) is 6.42 Å². The van der Waals surface area contributed by atoms with E-state index in [0.717, 1.165) is 11.8 Å². The highest BCUT2D eigenvalue weighted by molar-refractivity contribution is 5.51. The predicted octanol–water partition coefficient (Wildman–Crippen LogP) is 4.61. The average molecular weight is 300 g/mol. The van der Waals surface area contributed by atoms with Gasteiger partial charge >= 0.3 is 0 Å². The van der Waals surface area contributed by atoms with Crippen LogP contribution in [-0.4, -0.2) is 19.6 Å². The van der Waals surface area contributed by atoms with Gasteiger partial charge in [0, 0.05) is 12.2 Å². The Labute approximate surface area is 136 Å². The first-order chi connectivity index (χ1) is 10.9. The highest BCUT2D eigenvalue weighted by atomic mass is 14.9. The maximum atomic E-state index is 3.76. The van der Waals surface area contributed by atoms with Crippen LogP contribution in [0.15, 0.2) is 24.3 Å². The number of benzene rings is 1. The molecule has 2 aliphatic rings. The van der Waals surface area contributed by atoms with Crippen LogP contribution >= 0.6 is 0 Å². The normalized spacial score (nSPS) is 20.9. The molecule has 1 aromatic carbocycles. The van der Waals surface area contributed by atoms with Gasteiger partial charge in [0.05, 0.1) is 0 Å². The molecule has 2 heteroatoms. The van der Waals surface area contributed by atoms with Gasteiger partial charge in [0.1, 0.15) is 0 Å². The lowest BCUT2D eigenvalue weighted by Crippen LogP contribution is -2.28. The molecule has 2 N–H and O–H groups in total. The fourth-order valence-electron chi connectivity index (χ4n) is 4.09. The number of rotatable bonds is 6. The molecule has 3 rings (SSSR count). The molecule has 2 fully saturated rings. The summed E-state index contributed by atoms with van der Waals surface area (Å²) >= 11 is 0. The summed E-state index contributed by atoms with van der Waals surface area (Å²) < 4.78 is 0. The van der Waals surface area contributed by atoms with E-state index < -0.39 is 0 Å². The molecule has 1 saturated heterocycles. The van der Waals surface area contributed by atoms with Gasteiger partial charge in [0.25, 0.3) is 0 Å². The maximum absolute atomic E-state index is 3.76. The number of hydrogen-bond donors (Lipinski definition) is 2. The molecule has 22 heavy (non-hydrogen) atoms. The van der Waals surface area contributed by atoms with E-state index in [0.29, 0.717) is 0 Å². The van der Waals surface area contributed by atoms with Gasteiger partial charge in [-0.3, -0.25) is 0 Å². The van der Waals surface area contributed by atoms with Crippen molar-refractivity contribution in [3.63, 3.8) is 0 Å². The van der Waals surface area contributed by atoms with E-state index in [-0.39, 0.29) is 0 Å². The minimum Gasteiger partial charge on any atom is -0.385 e. The summed E-state index contributed by atoms with van der Waals surface area (Å²) in [5.41, 5.74) is 2.92.